The van der Waals surface area contributed by atoms with E-state index in [9.17, 15) is 0 Å². The summed E-state index contributed by atoms with van der Waals surface area (Å²) in [4.78, 5) is 0. The minimum Gasteiger partial charge on any atom is -0.179 e. The number of fused-ring (bicyclic) bond motifs is 7. The number of hydrogen-bond donors (Lipinski definition) is 0. The molecule has 0 saturated heterocycles. The Labute approximate surface area is 328 Å². The van der Waals surface area contributed by atoms with E-state index in [4.69, 9.17) is 0 Å². The molecule has 2 aliphatic carbocycles. The van der Waals surface area contributed by atoms with E-state index in [-0.39, 0.29) is 43.0 Å². The van der Waals surface area contributed by atoms with Crippen molar-refractivity contribution in [2.24, 2.45) is 0 Å². The normalized spacial score (nSPS) is 14.7. The van der Waals surface area contributed by atoms with E-state index in [1.165, 1.54) is 82.7 Å². The Hall–Kier alpha value is -3.32. The van der Waals surface area contributed by atoms with Gasteiger partial charge in [-0.05, 0) is 90.6 Å². The van der Waals surface area contributed by atoms with Crippen LogP contribution in [0.15, 0.2) is 103 Å². The van der Waals surface area contributed by atoms with Gasteiger partial charge in [-0.2, -0.15) is 17.7 Å². The molecule has 0 N–H and O–H groups in total. The van der Waals surface area contributed by atoms with Crippen molar-refractivity contribution in [1.29, 1.82) is 0 Å². The molecule has 2 aliphatic rings. The third kappa shape index (κ3) is 6.73. The second kappa shape index (κ2) is 14.6. The quantitative estimate of drug-likeness (QED) is 0.0953. The van der Waals surface area contributed by atoms with Crippen LogP contribution in [0.1, 0.15) is 106 Å². The molecule has 0 spiro atoms. The Morgan fingerprint density at radius 1 is 0.706 bits per heavy atom. The van der Waals surface area contributed by atoms with Gasteiger partial charge in [0.15, 0.2) is 0 Å². The molecule has 2 heteroatoms. The van der Waals surface area contributed by atoms with Crippen LogP contribution in [0.4, 0.5) is 0 Å². The van der Waals surface area contributed by atoms with Crippen LogP contribution in [-0.2, 0) is 43.5 Å². The van der Waals surface area contributed by atoms with Crippen molar-refractivity contribution in [3.05, 3.63) is 148 Å². The molecule has 1 atom stereocenters. The van der Waals surface area contributed by atoms with E-state index in [0.717, 1.165) is 28.8 Å². The first kappa shape index (κ1) is 37.4. The molecule has 0 aromatic heterocycles. The predicted molar refractivity (Wildman–Crippen MR) is 220 cm³/mol. The van der Waals surface area contributed by atoms with Gasteiger partial charge in [-0.1, -0.05) is 170 Å². The molecule has 6 aromatic carbocycles. The monoisotopic (exact) mass is 757 g/mol. The summed E-state index contributed by atoms with van der Waals surface area (Å²) in [6.45, 7) is 20.7. The van der Waals surface area contributed by atoms with Gasteiger partial charge in [-0.15, -0.1) is 16.7 Å². The van der Waals surface area contributed by atoms with Crippen molar-refractivity contribution in [3.8, 4) is 22.3 Å². The molecule has 0 heterocycles. The first-order valence-electron chi connectivity index (χ1n) is 18.5. The largest absolute Gasteiger partial charge is 0.179 e. The third-order valence-electron chi connectivity index (χ3n) is 10.7. The average Bonchev–Trinajstić information content (AvgIpc) is 3.65. The maximum atomic E-state index is 3.90. The number of rotatable bonds is 4. The zero-order valence-corrected chi connectivity index (χ0v) is 35.5. The summed E-state index contributed by atoms with van der Waals surface area (Å²) in [5.74, 6) is 0.230. The minimum absolute atomic E-state index is 0. The number of allylic oxidation sites excluding steroid dienone is 1. The van der Waals surface area contributed by atoms with Gasteiger partial charge in [0.05, 0.1) is 0 Å². The van der Waals surface area contributed by atoms with Gasteiger partial charge in [-0.25, -0.2) is 0 Å². The molecule has 51 heavy (non-hydrogen) atoms. The summed E-state index contributed by atoms with van der Waals surface area (Å²) >= 11 is 0. The van der Waals surface area contributed by atoms with Gasteiger partial charge < -0.3 is 0 Å². The second-order valence-corrected chi connectivity index (χ2v) is 17.4. The molecule has 0 aliphatic heterocycles. The maximum Gasteiger partial charge on any atom is 0.0307 e. The smallest absolute Gasteiger partial charge is 0.0307 e. The molecule has 0 bridgehead atoms. The minimum atomic E-state index is -0.0258. The maximum absolute atomic E-state index is 3.90. The van der Waals surface area contributed by atoms with Crippen LogP contribution < -0.4 is 0 Å². The molecule has 1 unspecified atom stereocenters. The zero-order chi connectivity index (χ0) is 35.4. The standard InChI is InChI=1S/C47H45.C2H6Si.Zr/c1-8-14-30-27-41-37(40-26-29-15-9-10-16-33(29)35-17-11-12-18-36(35)40)19-13-20-39(41)44(30)45-42-28-31-25-32(46(2,3)4)21-22-34(31)38(42)23-24-43(45)47(5,6)7;1-3-2;/h9-13,15-23,25-27,44H,8,14,28H2,1-7H3;1-2H3;/q-1;;. The molecule has 0 saturated carbocycles. The van der Waals surface area contributed by atoms with E-state index >= 15 is 0 Å². The van der Waals surface area contributed by atoms with Crippen LogP contribution in [0, 0.1) is 6.07 Å². The molecule has 6 aromatic rings. The van der Waals surface area contributed by atoms with Crippen LogP contribution in [0.2, 0.25) is 13.1 Å². The fourth-order valence-corrected chi connectivity index (χ4v) is 8.46. The average molecular weight is 759 g/mol. The van der Waals surface area contributed by atoms with Gasteiger partial charge in [0.1, 0.15) is 0 Å². The number of hydrogen-bond acceptors (Lipinski definition) is 0. The van der Waals surface area contributed by atoms with Crippen LogP contribution in [0.5, 0.6) is 0 Å². The summed E-state index contributed by atoms with van der Waals surface area (Å²) in [6, 6.07) is 40.7. The Morgan fingerprint density at radius 3 is 2.08 bits per heavy atom. The van der Waals surface area contributed by atoms with E-state index in [1.807, 2.05) is 0 Å². The Morgan fingerprint density at radius 2 is 1.39 bits per heavy atom. The summed E-state index contributed by atoms with van der Waals surface area (Å²) in [5.41, 5.74) is 17.2. The molecule has 0 fully saturated rings. The van der Waals surface area contributed by atoms with Crippen molar-refractivity contribution in [1.82, 2.24) is 0 Å². The molecule has 8 rings (SSSR count). The molecular weight excluding hydrogens is 708 g/mol. The fraction of sp³-hybridized carbons (Fsp3) is 0.306. The van der Waals surface area contributed by atoms with Gasteiger partial charge in [0.25, 0.3) is 0 Å². The van der Waals surface area contributed by atoms with Gasteiger partial charge in [-0.3, -0.25) is 0 Å². The Balaban J connectivity index is 0.00000108. The molecule has 0 nitrogen and oxygen atoms in total. The molecule has 2 radical (unpaired) electrons. The van der Waals surface area contributed by atoms with Crippen LogP contribution in [-0.4, -0.2) is 9.52 Å². The van der Waals surface area contributed by atoms with Crippen LogP contribution in [0.3, 0.4) is 0 Å². The van der Waals surface area contributed by atoms with Crippen LogP contribution >= 0.6 is 0 Å². The van der Waals surface area contributed by atoms with E-state index < -0.39 is 0 Å². The topological polar surface area (TPSA) is 0 Å². The molecule has 0 amide bonds. The molecule has 256 valence electrons. The molecular formula is C49H51SiZr-. The Kier molecular flexibility index (Phi) is 10.7. The predicted octanol–water partition coefficient (Wildman–Crippen LogP) is 13.7. The van der Waals surface area contributed by atoms with Crippen LogP contribution in [0.25, 0.3) is 49.9 Å². The number of benzene rings is 6. The van der Waals surface area contributed by atoms with Crippen molar-refractivity contribution in [3.63, 3.8) is 0 Å². The summed E-state index contributed by atoms with van der Waals surface area (Å²) in [7, 11) is 1.08. The zero-order valence-electron chi connectivity index (χ0n) is 32.0. The van der Waals surface area contributed by atoms with Gasteiger partial charge in [0, 0.05) is 35.7 Å². The van der Waals surface area contributed by atoms with Crippen molar-refractivity contribution < 1.29 is 26.2 Å². The Bertz CT molecular complexity index is 2270. The first-order valence-corrected chi connectivity index (χ1v) is 20.5. The fourth-order valence-electron chi connectivity index (χ4n) is 8.46. The van der Waals surface area contributed by atoms with Crippen molar-refractivity contribution in [2.75, 3.05) is 0 Å². The SMILES string of the molecule is CCCC1=Cc2c(-c3cc4ccccc4c4ccccc34)cccc2C1c1c(C(C)(C)C)[c-]cc2c1Cc1cc(C(C)(C)C)ccc1-2.C[Si]C.[Zr]. The van der Waals surface area contributed by atoms with Gasteiger partial charge in [0.2, 0.25) is 0 Å². The van der Waals surface area contributed by atoms with Crippen molar-refractivity contribution >= 4 is 37.1 Å². The summed E-state index contributed by atoms with van der Waals surface area (Å²) in [5, 5.41) is 5.26. The second-order valence-electron chi connectivity index (χ2n) is 16.4. The van der Waals surface area contributed by atoms with Gasteiger partial charge >= 0.3 is 0 Å². The summed E-state index contributed by atoms with van der Waals surface area (Å²) in [6.07, 6.45) is 5.77. The van der Waals surface area contributed by atoms with Crippen molar-refractivity contribution in [2.45, 2.75) is 97.6 Å². The third-order valence-corrected chi connectivity index (χ3v) is 10.7. The van der Waals surface area contributed by atoms with E-state index in [1.54, 1.807) is 5.57 Å². The van der Waals surface area contributed by atoms with E-state index in [0.29, 0.717) is 0 Å². The van der Waals surface area contributed by atoms with E-state index in [2.05, 4.69) is 171 Å². The summed E-state index contributed by atoms with van der Waals surface area (Å²) < 4.78 is 0. The first-order chi connectivity index (χ1) is 24.0.